The number of fused-ring (bicyclic) bond motifs is 4. The van der Waals surface area contributed by atoms with Gasteiger partial charge in [-0.15, -0.1) is 0 Å². The van der Waals surface area contributed by atoms with Crippen LogP contribution in [0.4, 0.5) is 5.69 Å². The van der Waals surface area contributed by atoms with Crippen molar-refractivity contribution in [2.75, 3.05) is 25.4 Å². The van der Waals surface area contributed by atoms with Gasteiger partial charge in [0.2, 0.25) is 0 Å². The number of hydrogen-bond acceptors (Lipinski definition) is 4. The molecular weight excluding hydrogens is 266 g/mol. The molecule has 3 saturated heterocycles. The number of benzene rings is 1. The molecule has 5 rings (SSSR count). The Labute approximate surface area is 123 Å². The Kier molecular flexibility index (Phi) is 2.89. The Hall–Kier alpha value is -2.01. The van der Waals surface area contributed by atoms with Gasteiger partial charge >= 0.3 is 0 Å². The number of hydrogen-bond donors (Lipinski definition) is 2. The minimum absolute atomic E-state index is 0.135. The highest BCUT2D eigenvalue weighted by molar-refractivity contribution is 5.98. The van der Waals surface area contributed by atoms with E-state index in [1.807, 2.05) is 12.1 Å². The minimum Gasteiger partial charge on any atom is -0.449 e. The first-order valence-corrected chi connectivity index (χ1v) is 7.52. The van der Waals surface area contributed by atoms with Crippen molar-refractivity contribution in [3.05, 3.63) is 30.0 Å². The summed E-state index contributed by atoms with van der Waals surface area (Å²) in [5.74, 6) is 0.817. The molecule has 0 unspecified atom stereocenters. The van der Waals surface area contributed by atoms with E-state index in [0.717, 1.165) is 25.0 Å². The molecule has 0 aliphatic carbocycles. The van der Waals surface area contributed by atoms with Crippen molar-refractivity contribution in [2.45, 2.75) is 18.9 Å². The Morgan fingerprint density at radius 3 is 2.81 bits per heavy atom. The number of nitrogens with one attached hydrogen (secondary N) is 1. The molecule has 21 heavy (non-hydrogen) atoms. The molecule has 1 atom stereocenters. The lowest BCUT2D eigenvalue weighted by atomic mass is 9.84. The van der Waals surface area contributed by atoms with Crippen LogP contribution in [-0.4, -0.2) is 36.5 Å². The Morgan fingerprint density at radius 1 is 1.33 bits per heavy atom. The van der Waals surface area contributed by atoms with Gasteiger partial charge in [-0.05, 0) is 44.0 Å². The second kappa shape index (κ2) is 4.77. The molecular formula is C16H19N3O2. The van der Waals surface area contributed by atoms with Crippen molar-refractivity contribution in [2.24, 2.45) is 5.92 Å². The van der Waals surface area contributed by atoms with E-state index in [9.17, 15) is 4.79 Å². The first-order chi connectivity index (χ1) is 10.2. The van der Waals surface area contributed by atoms with E-state index in [0.29, 0.717) is 22.9 Å². The normalized spacial score (nSPS) is 27.9. The predicted octanol–water partition coefficient (Wildman–Crippen LogP) is 1.84. The summed E-state index contributed by atoms with van der Waals surface area (Å²) in [6.07, 6.45) is 2.36. The second-order valence-electron chi connectivity index (χ2n) is 6.09. The molecule has 1 amide bonds. The average molecular weight is 285 g/mol. The van der Waals surface area contributed by atoms with Gasteiger partial charge in [0, 0.05) is 18.0 Å². The van der Waals surface area contributed by atoms with E-state index in [1.54, 1.807) is 12.1 Å². The number of carbonyl (C=O) groups excluding carboxylic acids is 1. The molecule has 2 bridgehead atoms. The second-order valence-corrected chi connectivity index (χ2v) is 6.09. The molecule has 3 aliphatic heterocycles. The third kappa shape index (κ3) is 2.17. The molecule has 1 aromatic carbocycles. The molecule has 0 radical (unpaired) electrons. The largest absolute Gasteiger partial charge is 0.449 e. The summed E-state index contributed by atoms with van der Waals surface area (Å²) < 4.78 is 5.63. The van der Waals surface area contributed by atoms with Gasteiger partial charge in [0.15, 0.2) is 11.3 Å². The van der Waals surface area contributed by atoms with Gasteiger partial charge in [0.05, 0.1) is 5.69 Å². The number of nitrogens with zero attached hydrogens (tertiary/aromatic N) is 1. The Morgan fingerprint density at radius 2 is 2.14 bits per heavy atom. The lowest BCUT2D eigenvalue weighted by Gasteiger charge is -2.44. The first-order valence-electron chi connectivity index (χ1n) is 7.52. The highest BCUT2D eigenvalue weighted by Gasteiger charge is 2.35. The van der Waals surface area contributed by atoms with Gasteiger partial charge in [-0.2, -0.15) is 0 Å². The lowest BCUT2D eigenvalue weighted by molar-refractivity contribution is 0.0607. The van der Waals surface area contributed by atoms with E-state index in [4.69, 9.17) is 10.2 Å². The fraction of sp³-hybridized carbons (Fsp3) is 0.438. The minimum atomic E-state index is -0.135. The number of anilines is 1. The van der Waals surface area contributed by atoms with E-state index in [-0.39, 0.29) is 11.9 Å². The van der Waals surface area contributed by atoms with E-state index in [1.165, 1.54) is 12.8 Å². The van der Waals surface area contributed by atoms with Crippen LogP contribution in [0.5, 0.6) is 0 Å². The molecule has 110 valence electrons. The number of nitrogens with two attached hydrogens (primary N) is 1. The molecule has 5 nitrogen and oxygen atoms in total. The highest BCUT2D eigenvalue weighted by Crippen LogP contribution is 2.28. The Balaban J connectivity index is 1.55. The summed E-state index contributed by atoms with van der Waals surface area (Å²) in [5, 5.41) is 4.00. The van der Waals surface area contributed by atoms with Crippen LogP contribution in [0.1, 0.15) is 23.4 Å². The van der Waals surface area contributed by atoms with Gasteiger partial charge in [0.25, 0.3) is 5.91 Å². The average Bonchev–Trinajstić information content (AvgIpc) is 2.94. The summed E-state index contributed by atoms with van der Waals surface area (Å²) in [6.45, 7) is 3.29. The molecule has 0 saturated carbocycles. The van der Waals surface area contributed by atoms with Gasteiger partial charge < -0.3 is 20.4 Å². The van der Waals surface area contributed by atoms with Crippen LogP contribution >= 0.6 is 0 Å². The van der Waals surface area contributed by atoms with Crippen molar-refractivity contribution in [1.29, 1.82) is 0 Å². The number of piperidine rings is 3. The van der Waals surface area contributed by atoms with Crippen LogP contribution in [0.2, 0.25) is 0 Å². The topological polar surface area (TPSA) is 71.5 Å². The van der Waals surface area contributed by atoms with Crippen LogP contribution in [0.3, 0.4) is 0 Å². The zero-order valence-corrected chi connectivity index (χ0v) is 11.8. The van der Waals surface area contributed by atoms with Crippen molar-refractivity contribution in [3.63, 3.8) is 0 Å². The van der Waals surface area contributed by atoms with E-state index >= 15 is 0 Å². The number of rotatable bonds is 2. The van der Waals surface area contributed by atoms with E-state index in [2.05, 4.69) is 10.2 Å². The van der Waals surface area contributed by atoms with Crippen LogP contribution in [0.25, 0.3) is 11.0 Å². The fourth-order valence-corrected chi connectivity index (χ4v) is 3.57. The number of para-hydroxylation sites is 1. The summed E-state index contributed by atoms with van der Waals surface area (Å²) in [4.78, 5) is 14.8. The molecule has 1 aromatic heterocycles. The van der Waals surface area contributed by atoms with E-state index < -0.39 is 0 Å². The van der Waals surface area contributed by atoms with Crippen LogP contribution in [0, 0.1) is 5.92 Å². The van der Waals surface area contributed by atoms with Crippen molar-refractivity contribution in [3.8, 4) is 0 Å². The molecule has 4 heterocycles. The fourth-order valence-electron chi connectivity index (χ4n) is 3.57. The monoisotopic (exact) mass is 285 g/mol. The summed E-state index contributed by atoms with van der Waals surface area (Å²) >= 11 is 0. The standard InChI is InChI=1S/C16H19N3O2/c17-12-3-1-2-11-8-14(21-15(11)12)16(20)18-13-9-19-6-4-10(13)5-7-19/h1-3,8,10,13H,4-7,9,17H2,(H,18,20)/t13-/m0/s1. The van der Waals surface area contributed by atoms with Gasteiger partial charge in [-0.1, -0.05) is 12.1 Å². The highest BCUT2D eigenvalue weighted by atomic mass is 16.3. The van der Waals surface area contributed by atoms with Crippen LogP contribution in [0.15, 0.2) is 28.7 Å². The third-order valence-electron chi connectivity index (χ3n) is 4.77. The zero-order valence-electron chi connectivity index (χ0n) is 11.8. The summed E-state index contributed by atoms with van der Waals surface area (Å²) in [6, 6.07) is 7.55. The molecule has 3 fully saturated rings. The third-order valence-corrected chi connectivity index (χ3v) is 4.77. The number of carbonyl (C=O) groups is 1. The van der Waals surface area contributed by atoms with Gasteiger partial charge in [-0.3, -0.25) is 4.79 Å². The van der Waals surface area contributed by atoms with Gasteiger partial charge in [-0.25, -0.2) is 0 Å². The quantitative estimate of drug-likeness (QED) is 0.826. The molecule has 2 aromatic rings. The van der Waals surface area contributed by atoms with Crippen molar-refractivity contribution in [1.82, 2.24) is 10.2 Å². The van der Waals surface area contributed by atoms with Gasteiger partial charge in [0.1, 0.15) is 0 Å². The van der Waals surface area contributed by atoms with Crippen LogP contribution in [-0.2, 0) is 0 Å². The first kappa shape index (κ1) is 12.7. The summed E-state index contributed by atoms with van der Waals surface area (Å²) in [7, 11) is 0. The van der Waals surface area contributed by atoms with Crippen molar-refractivity contribution >= 4 is 22.6 Å². The molecule has 3 aliphatic rings. The Bertz CT molecular complexity index is 686. The number of furan rings is 1. The number of amides is 1. The smallest absolute Gasteiger partial charge is 0.287 e. The number of nitrogen functional groups attached to an aromatic ring is 1. The molecule has 3 N–H and O–H groups in total. The summed E-state index contributed by atoms with van der Waals surface area (Å²) in [5.41, 5.74) is 7.03. The maximum Gasteiger partial charge on any atom is 0.287 e. The maximum atomic E-state index is 12.4. The van der Waals surface area contributed by atoms with Crippen molar-refractivity contribution < 1.29 is 9.21 Å². The lowest BCUT2D eigenvalue weighted by Crippen LogP contribution is -2.57. The molecule has 5 heteroatoms. The maximum absolute atomic E-state index is 12.4. The molecule has 0 spiro atoms. The SMILES string of the molecule is Nc1cccc2cc(C(=O)N[C@H]3CN4CCC3CC4)oc12. The predicted molar refractivity (Wildman–Crippen MR) is 81.0 cm³/mol. The van der Waals surface area contributed by atoms with Crippen LogP contribution < -0.4 is 11.1 Å². The zero-order chi connectivity index (χ0) is 14.4.